The lowest BCUT2D eigenvalue weighted by molar-refractivity contribution is -0.124. The number of hydrogen-bond donors (Lipinski definition) is 3. The molecule has 1 aliphatic rings. The highest BCUT2D eigenvalue weighted by atomic mass is 32.1. The number of nitrogens with one attached hydrogen (secondary N) is 1. The molecule has 0 radical (unpaired) electrons. The molecule has 4 N–H and O–H groups in total. The van der Waals surface area contributed by atoms with E-state index >= 15 is 0 Å². The Morgan fingerprint density at radius 1 is 1.72 bits per heavy atom. The number of oxime groups is 1. The summed E-state index contributed by atoms with van der Waals surface area (Å²) >= 11 is 1.67. The highest BCUT2D eigenvalue weighted by Gasteiger charge is 2.54. The smallest absolute Gasteiger partial charge is 0.234 e. The van der Waals surface area contributed by atoms with E-state index in [0.717, 1.165) is 6.42 Å². The van der Waals surface area contributed by atoms with Gasteiger partial charge in [0.1, 0.15) is 5.41 Å². The number of amidine groups is 1. The van der Waals surface area contributed by atoms with Crippen molar-refractivity contribution in [3.05, 3.63) is 22.4 Å². The zero-order valence-corrected chi connectivity index (χ0v) is 11.0. The third kappa shape index (κ3) is 2.48. The van der Waals surface area contributed by atoms with Gasteiger partial charge in [0, 0.05) is 17.3 Å². The number of amides is 1. The lowest BCUT2D eigenvalue weighted by Crippen LogP contribution is -2.44. The summed E-state index contributed by atoms with van der Waals surface area (Å²) in [4.78, 5) is 13.3. The van der Waals surface area contributed by atoms with Crippen LogP contribution in [-0.2, 0) is 11.2 Å². The van der Waals surface area contributed by atoms with E-state index in [-0.39, 0.29) is 17.8 Å². The number of thiophene rings is 1. The Hall–Kier alpha value is -1.56. The van der Waals surface area contributed by atoms with Gasteiger partial charge in [-0.05, 0) is 31.2 Å². The fraction of sp³-hybridized carbons (Fsp3) is 0.500. The topological polar surface area (TPSA) is 87.7 Å². The van der Waals surface area contributed by atoms with Crippen molar-refractivity contribution in [2.75, 3.05) is 0 Å². The van der Waals surface area contributed by atoms with Crippen molar-refractivity contribution in [2.45, 2.75) is 32.2 Å². The van der Waals surface area contributed by atoms with Gasteiger partial charge in [0.15, 0.2) is 5.84 Å². The Morgan fingerprint density at radius 3 is 2.94 bits per heavy atom. The van der Waals surface area contributed by atoms with Crippen molar-refractivity contribution in [1.82, 2.24) is 5.32 Å². The molecule has 2 rings (SSSR count). The molecule has 6 heteroatoms. The molecular weight excluding hydrogens is 250 g/mol. The molecule has 1 saturated carbocycles. The Balaban J connectivity index is 1.92. The molecule has 0 aromatic carbocycles. The minimum Gasteiger partial charge on any atom is -0.409 e. The second-order valence-corrected chi connectivity index (χ2v) is 5.76. The average Bonchev–Trinajstić information content (AvgIpc) is 3.01. The molecule has 1 unspecified atom stereocenters. The van der Waals surface area contributed by atoms with Crippen molar-refractivity contribution < 1.29 is 10.0 Å². The van der Waals surface area contributed by atoms with Crippen LogP contribution in [0.25, 0.3) is 0 Å². The third-order valence-electron chi connectivity index (χ3n) is 3.25. The summed E-state index contributed by atoms with van der Waals surface area (Å²) in [6.07, 6.45) is 2.11. The van der Waals surface area contributed by atoms with Crippen LogP contribution < -0.4 is 11.1 Å². The second kappa shape index (κ2) is 4.97. The molecule has 5 nitrogen and oxygen atoms in total. The minimum atomic E-state index is -0.765. The van der Waals surface area contributed by atoms with E-state index in [4.69, 9.17) is 10.9 Å². The predicted molar refractivity (Wildman–Crippen MR) is 70.7 cm³/mol. The molecule has 18 heavy (non-hydrogen) atoms. The van der Waals surface area contributed by atoms with Crippen LogP contribution in [0.3, 0.4) is 0 Å². The van der Waals surface area contributed by atoms with Gasteiger partial charge >= 0.3 is 0 Å². The molecule has 1 aliphatic carbocycles. The first-order valence-electron chi connectivity index (χ1n) is 5.90. The van der Waals surface area contributed by atoms with Crippen molar-refractivity contribution in [1.29, 1.82) is 0 Å². The van der Waals surface area contributed by atoms with Crippen LogP contribution in [0.15, 0.2) is 22.7 Å². The molecule has 0 spiro atoms. The first-order valence-corrected chi connectivity index (χ1v) is 6.78. The molecule has 1 aromatic heterocycles. The van der Waals surface area contributed by atoms with E-state index in [1.807, 2.05) is 24.4 Å². The molecule has 0 bridgehead atoms. The molecular formula is C12H17N3O2S. The number of carbonyl (C=O) groups excluding carboxylic acids is 1. The lowest BCUT2D eigenvalue weighted by atomic mass is 10.0. The molecule has 1 aromatic rings. The van der Waals surface area contributed by atoms with Crippen LogP contribution in [-0.4, -0.2) is 23.0 Å². The second-order valence-electron chi connectivity index (χ2n) is 4.73. The van der Waals surface area contributed by atoms with Crippen molar-refractivity contribution in [2.24, 2.45) is 16.3 Å². The van der Waals surface area contributed by atoms with Crippen LogP contribution in [0.5, 0.6) is 0 Å². The first-order chi connectivity index (χ1) is 8.58. The summed E-state index contributed by atoms with van der Waals surface area (Å²) in [5.74, 6) is -0.120. The average molecular weight is 267 g/mol. The van der Waals surface area contributed by atoms with E-state index < -0.39 is 5.41 Å². The number of rotatable bonds is 5. The van der Waals surface area contributed by atoms with Gasteiger partial charge < -0.3 is 16.3 Å². The van der Waals surface area contributed by atoms with E-state index in [2.05, 4.69) is 10.5 Å². The zero-order chi connectivity index (χ0) is 13.2. The zero-order valence-electron chi connectivity index (χ0n) is 10.2. The van der Waals surface area contributed by atoms with E-state index in [9.17, 15) is 4.79 Å². The molecule has 1 atom stereocenters. The van der Waals surface area contributed by atoms with Crippen LogP contribution in [0, 0.1) is 5.41 Å². The van der Waals surface area contributed by atoms with Gasteiger partial charge in [-0.25, -0.2) is 0 Å². The van der Waals surface area contributed by atoms with Crippen molar-refractivity contribution in [3.8, 4) is 0 Å². The van der Waals surface area contributed by atoms with Gasteiger partial charge in [-0.1, -0.05) is 11.2 Å². The largest absolute Gasteiger partial charge is 0.409 e. The normalized spacial score (nSPS) is 19.3. The van der Waals surface area contributed by atoms with Crippen LogP contribution in [0.2, 0.25) is 0 Å². The summed E-state index contributed by atoms with van der Waals surface area (Å²) < 4.78 is 0. The third-order valence-corrected chi connectivity index (χ3v) is 4.15. The Labute approximate surface area is 110 Å². The number of nitrogens with zero attached hydrogens (tertiary/aromatic N) is 1. The summed E-state index contributed by atoms with van der Waals surface area (Å²) in [5, 5.41) is 16.6. The molecule has 1 amide bonds. The van der Waals surface area contributed by atoms with Gasteiger partial charge in [0.05, 0.1) is 0 Å². The highest BCUT2D eigenvalue weighted by molar-refractivity contribution is 7.09. The van der Waals surface area contributed by atoms with Gasteiger partial charge in [-0.15, -0.1) is 11.3 Å². The van der Waals surface area contributed by atoms with Crippen LogP contribution in [0.4, 0.5) is 0 Å². The van der Waals surface area contributed by atoms with Gasteiger partial charge in [0.25, 0.3) is 0 Å². The molecule has 1 fully saturated rings. The maximum absolute atomic E-state index is 12.1. The molecule has 1 heterocycles. The Bertz CT molecular complexity index is 452. The Morgan fingerprint density at radius 2 is 2.44 bits per heavy atom. The van der Waals surface area contributed by atoms with E-state index in [1.54, 1.807) is 11.3 Å². The summed E-state index contributed by atoms with van der Waals surface area (Å²) in [7, 11) is 0. The first kappa shape index (κ1) is 12.9. The number of hydrogen-bond acceptors (Lipinski definition) is 4. The van der Waals surface area contributed by atoms with Gasteiger partial charge in [0.2, 0.25) is 5.91 Å². The molecule has 0 saturated heterocycles. The summed E-state index contributed by atoms with van der Waals surface area (Å²) in [5.41, 5.74) is 4.80. The predicted octanol–water partition coefficient (Wildman–Crippen LogP) is 1.32. The fourth-order valence-electron chi connectivity index (χ4n) is 1.96. The standard InChI is InChI=1S/C12H17N3O2S/c1-8(7-9-3-2-6-18-9)14-11(16)12(4-5-12)10(13)15-17/h2-3,6,8,17H,4-5,7H2,1H3,(H2,13,15)(H,14,16). The maximum atomic E-state index is 12.1. The summed E-state index contributed by atoms with van der Waals surface area (Å²) in [6.45, 7) is 1.96. The van der Waals surface area contributed by atoms with Crippen LogP contribution >= 0.6 is 11.3 Å². The monoisotopic (exact) mass is 267 g/mol. The maximum Gasteiger partial charge on any atom is 0.234 e. The van der Waals surface area contributed by atoms with E-state index in [1.165, 1.54) is 4.88 Å². The Kier molecular flexibility index (Phi) is 3.56. The summed E-state index contributed by atoms with van der Waals surface area (Å²) in [6, 6.07) is 4.08. The van der Waals surface area contributed by atoms with Gasteiger partial charge in [-0.2, -0.15) is 0 Å². The van der Waals surface area contributed by atoms with Crippen LogP contribution in [0.1, 0.15) is 24.6 Å². The fourth-order valence-corrected chi connectivity index (χ4v) is 2.80. The van der Waals surface area contributed by atoms with E-state index in [0.29, 0.717) is 12.8 Å². The van der Waals surface area contributed by atoms with Gasteiger partial charge in [-0.3, -0.25) is 4.79 Å². The SMILES string of the molecule is CC(Cc1cccs1)NC(=O)C1(/C(N)=N/O)CC1. The molecule has 0 aliphatic heterocycles. The van der Waals surface area contributed by atoms with Crippen molar-refractivity contribution in [3.63, 3.8) is 0 Å². The minimum absolute atomic E-state index is 0.0170. The lowest BCUT2D eigenvalue weighted by Gasteiger charge is -2.18. The van der Waals surface area contributed by atoms with Crippen molar-refractivity contribution >= 4 is 23.1 Å². The number of nitrogens with two attached hydrogens (primary N) is 1. The molecule has 98 valence electrons. The highest BCUT2D eigenvalue weighted by Crippen LogP contribution is 2.46. The number of carbonyl (C=O) groups is 1. The quantitative estimate of drug-likeness (QED) is 0.325.